The minimum absolute atomic E-state index is 0.219. The number of fused-ring (bicyclic) bond motifs is 1. The standard InChI is InChI=1S/C12H16O4/c1-3-4-5-6-8-9-7(2)11(13)16-10(9)12(14)15-8/h8-10H,2-6H2,1H3/t8-,9-,10-/m1/s1. The summed E-state index contributed by atoms with van der Waals surface area (Å²) in [7, 11) is 0. The Morgan fingerprint density at radius 2 is 2.00 bits per heavy atom. The molecule has 4 heteroatoms. The van der Waals surface area contributed by atoms with E-state index in [0.717, 1.165) is 25.7 Å². The van der Waals surface area contributed by atoms with Gasteiger partial charge >= 0.3 is 11.9 Å². The van der Waals surface area contributed by atoms with Crippen LogP contribution < -0.4 is 0 Å². The molecule has 0 N–H and O–H groups in total. The molecule has 2 rings (SSSR count). The number of hydrogen-bond acceptors (Lipinski definition) is 4. The van der Waals surface area contributed by atoms with Crippen LogP contribution in [0, 0.1) is 5.92 Å². The smallest absolute Gasteiger partial charge is 0.348 e. The topological polar surface area (TPSA) is 52.6 Å². The fraction of sp³-hybridized carbons (Fsp3) is 0.667. The van der Waals surface area contributed by atoms with Gasteiger partial charge in [-0.1, -0.05) is 26.3 Å². The molecule has 0 saturated carbocycles. The van der Waals surface area contributed by atoms with Crippen LogP contribution in [0.3, 0.4) is 0 Å². The monoisotopic (exact) mass is 224 g/mol. The highest BCUT2D eigenvalue weighted by Crippen LogP contribution is 2.39. The van der Waals surface area contributed by atoms with Gasteiger partial charge in [0, 0.05) is 5.57 Å². The van der Waals surface area contributed by atoms with Crippen molar-refractivity contribution in [3.63, 3.8) is 0 Å². The van der Waals surface area contributed by atoms with E-state index in [1.165, 1.54) is 0 Å². The highest BCUT2D eigenvalue weighted by atomic mass is 16.6. The van der Waals surface area contributed by atoms with Gasteiger partial charge in [-0.15, -0.1) is 0 Å². The molecule has 2 saturated heterocycles. The van der Waals surface area contributed by atoms with Gasteiger partial charge in [0.05, 0.1) is 5.92 Å². The molecule has 3 atom stereocenters. The Hall–Kier alpha value is -1.32. The minimum Gasteiger partial charge on any atom is -0.459 e. The molecule has 0 aliphatic carbocycles. The molecule has 0 amide bonds. The Labute approximate surface area is 94.6 Å². The third kappa shape index (κ3) is 1.72. The summed E-state index contributed by atoms with van der Waals surface area (Å²) in [5.74, 6) is -1.12. The molecular weight excluding hydrogens is 208 g/mol. The van der Waals surface area contributed by atoms with Crippen molar-refractivity contribution in [3.8, 4) is 0 Å². The Morgan fingerprint density at radius 3 is 2.69 bits per heavy atom. The average Bonchev–Trinajstić information content (AvgIpc) is 2.70. The summed E-state index contributed by atoms with van der Waals surface area (Å²) in [5.41, 5.74) is 0.386. The molecule has 0 radical (unpaired) electrons. The number of unbranched alkanes of at least 4 members (excludes halogenated alkanes) is 2. The number of cyclic esters (lactones) is 1. The van der Waals surface area contributed by atoms with Crippen molar-refractivity contribution in [2.45, 2.75) is 44.8 Å². The number of rotatable bonds is 4. The van der Waals surface area contributed by atoms with Gasteiger partial charge in [-0.25, -0.2) is 9.59 Å². The van der Waals surface area contributed by atoms with Gasteiger partial charge in [0.15, 0.2) is 0 Å². The summed E-state index contributed by atoms with van der Waals surface area (Å²) in [5, 5.41) is 0. The van der Waals surface area contributed by atoms with Crippen LogP contribution in [0.15, 0.2) is 12.2 Å². The zero-order chi connectivity index (χ0) is 11.7. The summed E-state index contributed by atoms with van der Waals surface area (Å²) in [4.78, 5) is 22.7. The molecule has 0 aromatic heterocycles. The van der Waals surface area contributed by atoms with Crippen molar-refractivity contribution in [1.82, 2.24) is 0 Å². The number of carbonyl (C=O) groups is 2. The van der Waals surface area contributed by atoms with E-state index in [9.17, 15) is 9.59 Å². The minimum atomic E-state index is -0.730. The molecule has 0 unspecified atom stereocenters. The van der Waals surface area contributed by atoms with E-state index in [1.807, 2.05) is 0 Å². The van der Waals surface area contributed by atoms with Crippen molar-refractivity contribution >= 4 is 11.9 Å². The molecule has 0 spiro atoms. The molecule has 2 aliphatic heterocycles. The SMILES string of the molecule is C=C1C(=O)O[C@H]2C(=O)O[C@H](CCCCC)[C@@H]12. The summed E-state index contributed by atoms with van der Waals surface area (Å²) in [6.07, 6.45) is 3.06. The number of carbonyl (C=O) groups excluding carboxylic acids is 2. The van der Waals surface area contributed by atoms with Crippen LogP contribution in [0.2, 0.25) is 0 Å². The Kier molecular flexibility index (Phi) is 2.99. The molecule has 16 heavy (non-hydrogen) atoms. The van der Waals surface area contributed by atoms with E-state index < -0.39 is 18.0 Å². The fourth-order valence-electron chi connectivity index (χ4n) is 2.32. The number of ether oxygens (including phenoxy) is 2. The summed E-state index contributed by atoms with van der Waals surface area (Å²) < 4.78 is 10.1. The van der Waals surface area contributed by atoms with Crippen LogP contribution in [0.4, 0.5) is 0 Å². The van der Waals surface area contributed by atoms with Gasteiger partial charge in [-0.05, 0) is 12.8 Å². The lowest BCUT2D eigenvalue weighted by Crippen LogP contribution is -2.21. The van der Waals surface area contributed by atoms with E-state index >= 15 is 0 Å². The van der Waals surface area contributed by atoms with Crippen molar-refractivity contribution in [1.29, 1.82) is 0 Å². The molecule has 4 nitrogen and oxygen atoms in total. The van der Waals surface area contributed by atoms with Crippen LogP contribution in [0.5, 0.6) is 0 Å². The van der Waals surface area contributed by atoms with Crippen LogP contribution in [0.25, 0.3) is 0 Å². The maximum absolute atomic E-state index is 11.4. The first-order chi connectivity index (χ1) is 7.65. The molecule has 88 valence electrons. The van der Waals surface area contributed by atoms with E-state index in [-0.39, 0.29) is 12.0 Å². The van der Waals surface area contributed by atoms with Crippen LogP contribution >= 0.6 is 0 Å². The third-order valence-electron chi connectivity index (χ3n) is 3.22. The van der Waals surface area contributed by atoms with Crippen molar-refractivity contribution in [3.05, 3.63) is 12.2 Å². The molecule has 0 aromatic carbocycles. The molecule has 2 fully saturated rings. The number of esters is 2. The highest BCUT2D eigenvalue weighted by molar-refractivity contribution is 5.97. The average molecular weight is 224 g/mol. The Morgan fingerprint density at radius 1 is 1.25 bits per heavy atom. The zero-order valence-electron chi connectivity index (χ0n) is 9.40. The van der Waals surface area contributed by atoms with Crippen molar-refractivity contribution < 1.29 is 19.1 Å². The Balaban J connectivity index is 2.02. The largest absolute Gasteiger partial charge is 0.459 e. The molecular formula is C12H16O4. The molecule has 2 heterocycles. The summed E-state index contributed by atoms with van der Waals surface area (Å²) in [6.45, 7) is 5.80. The highest BCUT2D eigenvalue weighted by Gasteiger charge is 2.54. The van der Waals surface area contributed by atoms with Gasteiger partial charge in [0.2, 0.25) is 6.10 Å². The maximum atomic E-state index is 11.4. The van der Waals surface area contributed by atoms with Crippen LogP contribution in [-0.2, 0) is 19.1 Å². The second kappa shape index (κ2) is 4.28. The van der Waals surface area contributed by atoms with Crippen molar-refractivity contribution in [2.24, 2.45) is 5.92 Å². The van der Waals surface area contributed by atoms with Gasteiger partial charge < -0.3 is 9.47 Å². The fourth-order valence-corrected chi connectivity index (χ4v) is 2.32. The normalized spacial score (nSPS) is 32.6. The van der Waals surface area contributed by atoms with Crippen molar-refractivity contribution in [2.75, 3.05) is 0 Å². The third-order valence-corrected chi connectivity index (χ3v) is 3.22. The predicted octanol–water partition coefficient (Wildman–Crippen LogP) is 1.59. The first-order valence-corrected chi connectivity index (χ1v) is 5.75. The summed E-state index contributed by atoms with van der Waals surface area (Å²) >= 11 is 0. The Bertz CT molecular complexity index is 334. The second-order valence-electron chi connectivity index (χ2n) is 4.35. The van der Waals surface area contributed by atoms with Gasteiger partial charge in [0.1, 0.15) is 6.10 Å². The molecule has 0 aromatic rings. The van der Waals surface area contributed by atoms with Crippen LogP contribution in [-0.4, -0.2) is 24.1 Å². The first kappa shape index (κ1) is 11.2. The lowest BCUT2D eigenvalue weighted by molar-refractivity contribution is -0.156. The van der Waals surface area contributed by atoms with E-state index in [2.05, 4.69) is 13.5 Å². The predicted molar refractivity (Wildman–Crippen MR) is 56.5 cm³/mol. The van der Waals surface area contributed by atoms with Gasteiger partial charge in [0.25, 0.3) is 0 Å². The zero-order valence-corrected chi connectivity index (χ0v) is 9.40. The lowest BCUT2D eigenvalue weighted by atomic mass is 9.90. The quantitative estimate of drug-likeness (QED) is 0.413. The van der Waals surface area contributed by atoms with Crippen LogP contribution in [0.1, 0.15) is 32.6 Å². The second-order valence-corrected chi connectivity index (χ2v) is 4.35. The van der Waals surface area contributed by atoms with E-state index in [0.29, 0.717) is 5.57 Å². The van der Waals surface area contributed by atoms with Gasteiger partial charge in [-0.3, -0.25) is 0 Å². The maximum Gasteiger partial charge on any atom is 0.348 e. The number of hydrogen-bond donors (Lipinski definition) is 0. The summed E-state index contributed by atoms with van der Waals surface area (Å²) in [6, 6.07) is 0. The molecule has 0 bridgehead atoms. The van der Waals surface area contributed by atoms with E-state index in [4.69, 9.17) is 9.47 Å². The lowest BCUT2D eigenvalue weighted by Gasteiger charge is -2.14. The first-order valence-electron chi connectivity index (χ1n) is 5.75. The van der Waals surface area contributed by atoms with E-state index in [1.54, 1.807) is 0 Å². The van der Waals surface area contributed by atoms with Gasteiger partial charge in [-0.2, -0.15) is 0 Å². The molecule has 2 aliphatic rings.